The molecule has 26 heavy (non-hydrogen) atoms. The summed E-state index contributed by atoms with van der Waals surface area (Å²) in [6.07, 6.45) is -29.2. The summed E-state index contributed by atoms with van der Waals surface area (Å²) in [5.74, 6) is -10.8. The molecule has 0 aromatic rings. The first kappa shape index (κ1) is 25.1. The van der Waals surface area contributed by atoms with Crippen LogP contribution in [0.15, 0.2) is 0 Å². The van der Waals surface area contributed by atoms with E-state index < -0.39 is 67.5 Å². The molecule has 0 saturated carbocycles. The smallest absolute Gasteiger partial charge is 0.387 e. The van der Waals surface area contributed by atoms with E-state index in [0.717, 1.165) is 0 Å². The molecule has 0 radical (unpaired) electrons. The van der Waals surface area contributed by atoms with Gasteiger partial charge in [-0.2, -0.15) is 35.1 Å². The zero-order valence-corrected chi connectivity index (χ0v) is 12.8. The monoisotopic (exact) mass is 418 g/mol. The molecule has 4 unspecified atom stereocenters. The first-order chi connectivity index (χ1) is 11.2. The van der Waals surface area contributed by atoms with Gasteiger partial charge in [-0.3, -0.25) is 0 Å². The lowest BCUT2D eigenvalue weighted by molar-refractivity contribution is -0.291. The molecule has 2 N–H and O–H groups in total. The van der Waals surface area contributed by atoms with Gasteiger partial charge in [-0.15, -0.1) is 0 Å². The fraction of sp³-hybridized carbons (Fsp3) is 1.00. The van der Waals surface area contributed by atoms with Crippen molar-refractivity contribution in [1.82, 2.24) is 0 Å². The summed E-state index contributed by atoms with van der Waals surface area (Å²) in [6, 6.07) is 0. The SMILES string of the molecule is CC(O)(CCCC(O)C(F)(F)C(F)C(F)(F)F)C(F)(F)C(F)C(F)(F)F. The molecule has 2 nitrogen and oxygen atoms in total. The molecular weight excluding hydrogens is 404 g/mol. The zero-order chi connectivity index (χ0) is 21.4. The van der Waals surface area contributed by atoms with Crippen molar-refractivity contribution in [2.75, 3.05) is 0 Å². The second-order valence-corrected chi connectivity index (χ2v) is 5.79. The minimum absolute atomic E-state index is 0.0452. The number of alkyl halides is 12. The topological polar surface area (TPSA) is 40.5 Å². The number of aliphatic hydroxyl groups excluding tert-OH is 1. The van der Waals surface area contributed by atoms with Gasteiger partial charge < -0.3 is 10.2 Å². The molecule has 0 spiro atoms. The van der Waals surface area contributed by atoms with Crippen molar-refractivity contribution in [3.05, 3.63) is 0 Å². The van der Waals surface area contributed by atoms with Crippen molar-refractivity contribution in [2.24, 2.45) is 0 Å². The Morgan fingerprint density at radius 1 is 0.769 bits per heavy atom. The van der Waals surface area contributed by atoms with Crippen LogP contribution in [0.2, 0.25) is 0 Å². The predicted octanol–water partition coefficient (Wildman–Crippen LogP) is 4.34. The van der Waals surface area contributed by atoms with Gasteiger partial charge >= 0.3 is 24.2 Å². The molecule has 0 aromatic heterocycles. The first-order valence-electron chi connectivity index (χ1n) is 6.76. The van der Waals surface area contributed by atoms with E-state index >= 15 is 0 Å². The average Bonchev–Trinajstić information content (AvgIpc) is 2.42. The van der Waals surface area contributed by atoms with Crippen molar-refractivity contribution in [1.29, 1.82) is 0 Å². The van der Waals surface area contributed by atoms with Crippen LogP contribution in [0.5, 0.6) is 0 Å². The lowest BCUT2D eigenvalue weighted by Crippen LogP contribution is -2.56. The molecule has 0 amide bonds. The lowest BCUT2D eigenvalue weighted by atomic mass is 9.87. The van der Waals surface area contributed by atoms with Crippen LogP contribution in [0.25, 0.3) is 0 Å². The van der Waals surface area contributed by atoms with Crippen LogP contribution in [0.4, 0.5) is 52.7 Å². The van der Waals surface area contributed by atoms with Gasteiger partial charge in [0.15, 0.2) is 0 Å². The fourth-order valence-electron chi connectivity index (χ4n) is 1.86. The maximum atomic E-state index is 13.4. The maximum Gasteiger partial charge on any atom is 0.425 e. The summed E-state index contributed by atoms with van der Waals surface area (Å²) in [5.41, 5.74) is -3.74. The lowest BCUT2D eigenvalue weighted by Gasteiger charge is -2.35. The highest BCUT2D eigenvalue weighted by atomic mass is 19.4. The molecule has 4 atom stereocenters. The summed E-state index contributed by atoms with van der Waals surface area (Å²) in [4.78, 5) is 0. The van der Waals surface area contributed by atoms with Gasteiger partial charge in [0.25, 0.3) is 12.3 Å². The van der Waals surface area contributed by atoms with Gasteiger partial charge in [0.2, 0.25) is 0 Å². The summed E-state index contributed by atoms with van der Waals surface area (Å²) < 4.78 is 150. The fourth-order valence-corrected chi connectivity index (χ4v) is 1.86. The van der Waals surface area contributed by atoms with Gasteiger partial charge in [-0.05, 0) is 26.2 Å². The highest BCUT2D eigenvalue weighted by molar-refractivity contribution is 4.98. The molecule has 0 aliphatic heterocycles. The van der Waals surface area contributed by atoms with E-state index in [-0.39, 0.29) is 6.92 Å². The third-order valence-electron chi connectivity index (χ3n) is 3.53. The zero-order valence-electron chi connectivity index (χ0n) is 12.8. The van der Waals surface area contributed by atoms with Crippen molar-refractivity contribution in [2.45, 2.75) is 74.4 Å². The minimum atomic E-state index is -6.06. The van der Waals surface area contributed by atoms with Gasteiger partial charge in [0, 0.05) is 0 Å². The molecular formula is C12H14F12O2. The standard InChI is InChI=1S/C12H14F12O2/c1-8(26,10(17,18)7(14)12(22,23)24)4-2-3-5(25)9(15,16)6(13)11(19,20)21/h5-7,25-26H,2-4H2,1H3. The Morgan fingerprint density at radius 2 is 1.15 bits per heavy atom. The Kier molecular flexibility index (Phi) is 7.33. The van der Waals surface area contributed by atoms with Crippen LogP contribution in [0, 0.1) is 0 Å². The van der Waals surface area contributed by atoms with Gasteiger partial charge in [0.1, 0.15) is 11.7 Å². The normalized spacial score (nSPS) is 20.4. The average molecular weight is 418 g/mol. The van der Waals surface area contributed by atoms with Crippen LogP contribution < -0.4 is 0 Å². The van der Waals surface area contributed by atoms with Crippen molar-refractivity contribution in [3.63, 3.8) is 0 Å². The summed E-state index contributed by atoms with van der Waals surface area (Å²) >= 11 is 0. The van der Waals surface area contributed by atoms with Crippen LogP contribution in [0.1, 0.15) is 26.2 Å². The van der Waals surface area contributed by atoms with E-state index in [2.05, 4.69) is 0 Å². The van der Waals surface area contributed by atoms with Gasteiger partial charge in [-0.25, -0.2) is 17.6 Å². The highest BCUT2D eigenvalue weighted by Crippen LogP contribution is 2.44. The van der Waals surface area contributed by atoms with E-state index in [1.807, 2.05) is 0 Å². The first-order valence-corrected chi connectivity index (χ1v) is 6.76. The Bertz CT molecular complexity index is 456. The van der Waals surface area contributed by atoms with Gasteiger partial charge in [0.05, 0.1) is 0 Å². The van der Waals surface area contributed by atoms with Crippen molar-refractivity contribution < 1.29 is 62.9 Å². The Labute approximate surface area is 138 Å². The molecule has 0 aliphatic carbocycles. The van der Waals surface area contributed by atoms with E-state index in [9.17, 15) is 57.8 Å². The largest absolute Gasteiger partial charge is 0.425 e. The molecule has 0 aromatic carbocycles. The van der Waals surface area contributed by atoms with Crippen LogP contribution in [-0.2, 0) is 0 Å². The third kappa shape index (κ3) is 5.54. The Balaban J connectivity index is 4.99. The number of hydrogen-bond donors (Lipinski definition) is 2. The molecule has 0 heterocycles. The predicted molar refractivity (Wildman–Crippen MR) is 62.3 cm³/mol. The number of halogens is 12. The molecule has 158 valence electrons. The molecule has 0 fully saturated rings. The number of aliphatic hydroxyl groups is 2. The summed E-state index contributed by atoms with van der Waals surface area (Å²) in [7, 11) is 0. The van der Waals surface area contributed by atoms with Crippen LogP contribution in [0.3, 0.4) is 0 Å². The van der Waals surface area contributed by atoms with Crippen LogP contribution in [-0.4, -0.2) is 58.5 Å². The molecule has 0 bridgehead atoms. The summed E-state index contributed by atoms with van der Waals surface area (Å²) in [6.45, 7) is 0.0452. The quantitative estimate of drug-likeness (QED) is 0.576. The minimum Gasteiger partial charge on any atom is -0.387 e. The second kappa shape index (κ2) is 7.60. The van der Waals surface area contributed by atoms with E-state index in [0.29, 0.717) is 0 Å². The van der Waals surface area contributed by atoms with E-state index in [4.69, 9.17) is 5.11 Å². The molecule has 0 rings (SSSR count). The maximum absolute atomic E-state index is 13.4. The summed E-state index contributed by atoms with van der Waals surface area (Å²) in [5, 5.41) is 18.3. The van der Waals surface area contributed by atoms with Gasteiger partial charge in [-0.1, -0.05) is 0 Å². The highest BCUT2D eigenvalue weighted by Gasteiger charge is 2.65. The van der Waals surface area contributed by atoms with Crippen molar-refractivity contribution >= 4 is 0 Å². The van der Waals surface area contributed by atoms with E-state index in [1.54, 1.807) is 0 Å². The Morgan fingerprint density at radius 3 is 1.50 bits per heavy atom. The second-order valence-electron chi connectivity index (χ2n) is 5.79. The number of rotatable bonds is 8. The number of hydrogen-bond acceptors (Lipinski definition) is 2. The van der Waals surface area contributed by atoms with Crippen LogP contribution >= 0.6 is 0 Å². The van der Waals surface area contributed by atoms with Crippen molar-refractivity contribution in [3.8, 4) is 0 Å². The third-order valence-corrected chi connectivity index (χ3v) is 3.53. The molecule has 0 saturated heterocycles. The molecule has 14 heteroatoms. The molecule has 0 aliphatic rings. The van der Waals surface area contributed by atoms with E-state index in [1.165, 1.54) is 0 Å². The Hall–Kier alpha value is -0.920.